The number of fused-ring (bicyclic) bond motifs is 1. The Hall–Kier alpha value is -6.06. The van der Waals surface area contributed by atoms with Crippen molar-refractivity contribution in [1.29, 1.82) is 0 Å². The fourth-order valence-corrected chi connectivity index (χ4v) is 6.18. The molecule has 0 fully saturated rings. The highest BCUT2D eigenvalue weighted by atomic mass is 15.0. The predicted octanol–water partition coefficient (Wildman–Crippen LogP) is 10.4. The Morgan fingerprint density at radius 1 is 0.435 bits per heavy atom. The van der Waals surface area contributed by atoms with Gasteiger partial charge in [0.15, 0.2) is 0 Å². The first kappa shape index (κ1) is 27.5. The Morgan fingerprint density at radius 2 is 1.00 bits per heavy atom. The van der Waals surface area contributed by atoms with E-state index in [0.717, 1.165) is 62.7 Å². The van der Waals surface area contributed by atoms with E-state index < -0.39 is 0 Å². The maximum Gasteiger partial charge on any atom is 0.133 e. The summed E-state index contributed by atoms with van der Waals surface area (Å²) in [4.78, 5) is 9.66. The van der Waals surface area contributed by atoms with Crippen LogP contribution in [0.15, 0.2) is 175 Å². The molecule has 1 aliphatic rings. The van der Waals surface area contributed by atoms with Crippen LogP contribution in [0, 0.1) is 0 Å². The van der Waals surface area contributed by atoms with E-state index >= 15 is 0 Å². The summed E-state index contributed by atoms with van der Waals surface area (Å²) < 4.78 is 0. The SMILES string of the molecule is C1=CN=C(c2ccc(-c3cc(-c4cc(-c5ccccc5)nc(-c5ccccc5)c4)cc(-c4cccc5ccccc45)c3)cc2)NC1. The molecule has 0 unspecified atom stereocenters. The molecule has 7 aromatic rings. The first-order valence-corrected chi connectivity index (χ1v) is 15.6. The van der Waals surface area contributed by atoms with E-state index in [-0.39, 0.29) is 0 Å². The van der Waals surface area contributed by atoms with Crippen molar-refractivity contribution in [1.82, 2.24) is 10.3 Å². The van der Waals surface area contributed by atoms with Crippen LogP contribution in [0.2, 0.25) is 0 Å². The zero-order valence-electron chi connectivity index (χ0n) is 25.3. The van der Waals surface area contributed by atoms with Crippen LogP contribution in [0.3, 0.4) is 0 Å². The highest BCUT2D eigenvalue weighted by Gasteiger charge is 2.14. The number of aromatic nitrogens is 1. The molecule has 0 aliphatic carbocycles. The summed E-state index contributed by atoms with van der Waals surface area (Å²) in [5.41, 5.74) is 12.1. The zero-order chi connectivity index (χ0) is 30.7. The lowest BCUT2D eigenvalue weighted by molar-refractivity contribution is 1.01. The van der Waals surface area contributed by atoms with E-state index in [4.69, 9.17) is 4.98 Å². The number of benzene rings is 6. The van der Waals surface area contributed by atoms with Crippen molar-refractivity contribution in [3.8, 4) is 55.9 Å². The van der Waals surface area contributed by atoms with Crippen molar-refractivity contribution in [2.75, 3.05) is 6.54 Å². The molecule has 2 heterocycles. The maximum atomic E-state index is 5.13. The van der Waals surface area contributed by atoms with Gasteiger partial charge in [-0.3, -0.25) is 0 Å². The topological polar surface area (TPSA) is 37.3 Å². The molecule has 1 aromatic heterocycles. The Bertz CT molecular complexity index is 2170. The number of nitrogens with one attached hydrogen (secondary N) is 1. The highest BCUT2D eigenvalue weighted by molar-refractivity contribution is 6.01. The van der Waals surface area contributed by atoms with Crippen LogP contribution >= 0.6 is 0 Å². The van der Waals surface area contributed by atoms with E-state index in [2.05, 4.69) is 156 Å². The van der Waals surface area contributed by atoms with Crippen LogP contribution in [0.5, 0.6) is 0 Å². The molecule has 0 saturated carbocycles. The Balaban J connectivity index is 1.33. The summed E-state index contributed by atoms with van der Waals surface area (Å²) in [7, 11) is 0. The largest absolute Gasteiger partial charge is 0.366 e. The van der Waals surface area contributed by atoms with Gasteiger partial charge in [-0.15, -0.1) is 0 Å². The lowest BCUT2D eigenvalue weighted by Crippen LogP contribution is -2.26. The summed E-state index contributed by atoms with van der Waals surface area (Å²) >= 11 is 0. The van der Waals surface area contributed by atoms with Gasteiger partial charge in [0.2, 0.25) is 0 Å². The molecule has 0 spiro atoms. The van der Waals surface area contributed by atoms with Crippen molar-refractivity contribution < 1.29 is 0 Å². The predicted molar refractivity (Wildman–Crippen MR) is 193 cm³/mol. The van der Waals surface area contributed by atoms with E-state index in [0.29, 0.717) is 0 Å². The molecule has 46 heavy (non-hydrogen) atoms. The second-order valence-electron chi connectivity index (χ2n) is 11.5. The summed E-state index contributed by atoms with van der Waals surface area (Å²) in [5.74, 6) is 0.901. The monoisotopic (exact) mass is 589 g/mol. The lowest BCUT2D eigenvalue weighted by Gasteiger charge is -2.15. The van der Waals surface area contributed by atoms with Gasteiger partial charge in [0.05, 0.1) is 11.4 Å². The number of aliphatic imine (C=N–C) groups is 1. The van der Waals surface area contributed by atoms with Crippen LogP contribution < -0.4 is 5.32 Å². The summed E-state index contributed by atoms with van der Waals surface area (Å²) in [6, 6.07) is 56.1. The normalized spacial score (nSPS) is 12.5. The third kappa shape index (κ3) is 5.51. The fraction of sp³-hybridized carbons (Fsp3) is 0.0233. The number of pyridine rings is 1. The van der Waals surface area contributed by atoms with Gasteiger partial charge in [-0.05, 0) is 80.6 Å². The second-order valence-corrected chi connectivity index (χ2v) is 11.5. The first-order chi connectivity index (χ1) is 22.8. The quantitative estimate of drug-likeness (QED) is 0.210. The van der Waals surface area contributed by atoms with Gasteiger partial charge < -0.3 is 5.32 Å². The van der Waals surface area contributed by atoms with Crippen molar-refractivity contribution in [3.05, 3.63) is 176 Å². The Morgan fingerprint density at radius 3 is 1.67 bits per heavy atom. The third-order valence-electron chi connectivity index (χ3n) is 8.52. The molecule has 0 atom stereocenters. The second kappa shape index (κ2) is 12.1. The van der Waals surface area contributed by atoms with E-state index in [1.54, 1.807) is 0 Å². The fourth-order valence-electron chi connectivity index (χ4n) is 6.18. The zero-order valence-corrected chi connectivity index (χ0v) is 25.3. The van der Waals surface area contributed by atoms with Gasteiger partial charge >= 0.3 is 0 Å². The van der Waals surface area contributed by atoms with Crippen LogP contribution in [0.1, 0.15) is 5.56 Å². The minimum absolute atomic E-state index is 0.791. The minimum Gasteiger partial charge on any atom is -0.366 e. The number of nitrogens with zero attached hydrogens (tertiary/aromatic N) is 2. The molecule has 218 valence electrons. The van der Waals surface area contributed by atoms with Crippen LogP contribution in [0.25, 0.3) is 66.7 Å². The molecular weight excluding hydrogens is 558 g/mol. The molecule has 1 aliphatic heterocycles. The van der Waals surface area contributed by atoms with Gasteiger partial charge in [-0.2, -0.15) is 0 Å². The lowest BCUT2D eigenvalue weighted by atomic mass is 9.90. The molecule has 6 aromatic carbocycles. The van der Waals surface area contributed by atoms with Crippen LogP contribution in [-0.4, -0.2) is 17.4 Å². The third-order valence-corrected chi connectivity index (χ3v) is 8.52. The van der Waals surface area contributed by atoms with Gasteiger partial charge in [-0.25, -0.2) is 9.98 Å². The average molecular weight is 590 g/mol. The van der Waals surface area contributed by atoms with Gasteiger partial charge in [0.25, 0.3) is 0 Å². The van der Waals surface area contributed by atoms with Crippen molar-refractivity contribution in [2.24, 2.45) is 4.99 Å². The minimum atomic E-state index is 0.791. The van der Waals surface area contributed by atoms with Gasteiger partial charge in [-0.1, -0.05) is 127 Å². The molecule has 8 rings (SSSR count). The van der Waals surface area contributed by atoms with Crippen LogP contribution in [-0.2, 0) is 0 Å². The van der Waals surface area contributed by atoms with E-state index in [1.165, 1.54) is 21.9 Å². The van der Waals surface area contributed by atoms with Crippen molar-refractivity contribution in [3.63, 3.8) is 0 Å². The average Bonchev–Trinajstić information content (AvgIpc) is 3.15. The number of amidine groups is 1. The first-order valence-electron chi connectivity index (χ1n) is 15.6. The Labute approximate surface area is 269 Å². The standard InChI is InChI=1S/C43H31N3/c1-3-12-32(13-4-1)41-28-37(29-42(46-41)33-14-5-2-6-15-33)36-25-35(30-19-21-34(22-20-30)43-44-23-10-24-45-43)26-38(27-36)40-18-9-16-31-11-7-8-17-39(31)40/h1-23,25-29H,24H2,(H,44,45). The molecule has 0 bridgehead atoms. The van der Waals surface area contributed by atoms with Crippen molar-refractivity contribution in [2.45, 2.75) is 0 Å². The van der Waals surface area contributed by atoms with Crippen molar-refractivity contribution >= 4 is 16.6 Å². The number of hydrogen-bond acceptors (Lipinski definition) is 3. The van der Waals surface area contributed by atoms with Gasteiger partial charge in [0.1, 0.15) is 5.84 Å². The summed E-state index contributed by atoms with van der Waals surface area (Å²) in [6.45, 7) is 0.791. The maximum absolute atomic E-state index is 5.13. The smallest absolute Gasteiger partial charge is 0.133 e. The van der Waals surface area contributed by atoms with Crippen LogP contribution in [0.4, 0.5) is 0 Å². The molecule has 0 radical (unpaired) electrons. The highest BCUT2D eigenvalue weighted by Crippen LogP contribution is 2.38. The summed E-state index contributed by atoms with van der Waals surface area (Å²) in [6.07, 6.45) is 3.88. The van der Waals surface area contributed by atoms with Gasteiger partial charge in [0, 0.05) is 29.4 Å². The molecule has 3 nitrogen and oxygen atoms in total. The number of rotatable bonds is 6. The van der Waals surface area contributed by atoms with E-state index in [1.807, 2.05) is 24.4 Å². The summed E-state index contributed by atoms with van der Waals surface area (Å²) in [5, 5.41) is 5.84. The Kier molecular flexibility index (Phi) is 7.26. The number of hydrogen-bond donors (Lipinski definition) is 1. The molecule has 3 heteroatoms. The molecule has 1 N–H and O–H groups in total. The van der Waals surface area contributed by atoms with E-state index in [9.17, 15) is 0 Å². The molecule has 0 amide bonds. The molecular formula is C43H31N3. The molecule has 0 saturated heterocycles.